The summed E-state index contributed by atoms with van der Waals surface area (Å²) in [4.78, 5) is 21.1. The predicted molar refractivity (Wildman–Crippen MR) is 104 cm³/mol. The Morgan fingerprint density at radius 2 is 1.89 bits per heavy atom. The first kappa shape index (κ1) is 18.6. The molecule has 1 aliphatic heterocycles. The number of imidazole rings is 1. The maximum Gasteiger partial charge on any atom is 0.295 e. The minimum Gasteiger partial charge on any atom is -0.339 e. The van der Waals surface area contributed by atoms with Crippen LogP contribution in [-0.2, 0) is 6.42 Å². The van der Waals surface area contributed by atoms with E-state index in [-0.39, 0.29) is 11.7 Å². The number of fused-ring (bicyclic) bond motifs is 1. The Balaban J connectivity index is 1.35. The van der Waals surface area contributed by atoms with Gasteiger partial charge in [0, 0.05) is 18.7 Å². The van der Waals surface area contributed by atoms with Crippen molar-refractivity contribution in [1.29, 1.82) is 0 Å². The number of hydrogen-bond acceptors (Lipinski definition) is 2. The Hall–Kier alpha value is -2.76. The van der Waals surface area contributed by atoms with Gasteiger partial charge >= 0.3 is 0 Å². The second kappa shape index (κ2) is 8.09. The van der Waals surface area contributed by atoms with Gasteiger partial charge in [-0.15, -0.1) is 0 Å². The van der Waals surface area contributed by atoms with E-state index in [4.69, 9.17) is 0 Å². The van der Waals surface area contributed by atoms with Crippen LogP contribution >= 0.6 is 0 Å². The van der Waals surface area contributed by atoms with Crippen LogP contribution in [0.25, 0.3) is 11.0 Å². The van der Waals surface area contributed by atoms with Crippen LogP contribution in [0.2, 0.25) is 0 Å². The van der Waals surface area contributed by atoms with E-state index in [0.717, 1.165) is 38.8 Å². The van der Waals surface area contributed by atoms with Crippen molar-refractivity contribution in [3.8, 4) is 0 Å². The van der Waals surface area contributed by atoms with Crippen molar-refractivity contribution in [1.82, 2.24) is 14.9 Å². The van der Waals surface area contributed by atoms with Gasteiger partial charge in [-0.2, -0.15) is 0 Å². The van der Waals surface area contributed by atoms with E-state index in [9.17, 15) is 13.6 Å². The van der Waals surface area contributed by atoms with Crippen molar-refractivity contribution in [2.75, 3.05) is 13.1 Å². The number of aromatic amines is 1. The van der Waals surface area contributed by atoms with Gasteiger partial charge in [0.1, 0.15) is 0 Å². The SMILES string of the molecule is O=C(c1ccc2nc(C(F)F)[nH]c2c1)N1CCC(CCc2ccccc2)CC1. The molecule has 4 nitrogen and oxygen atoms in total. The van der Waals surface area contributed by atoms with Crippen molar-refractivity contribution in [3.05, 3.63) is 65.5 Å². The molecule has 1 amide bonds. The van der Waals surface area contributed by atoms with Gasteiger partial charge in [-0.1, -0.05) is 30.3 Å². The lowest BCUT2D eigenvalue weighted by atomic mass is 9.90. The highest BCUT2D eigenvalue weighted by molar-refractivity contribution is 5.97. The van der Waals surface area contributed by atoms with Gasteiger partial charge in [0.2, 0.25) is 0 Å². The van der Waals surface area contributed by atoms with E-state index in [0.29, 0.717) is 22.5 Å². The molecule has 1 saturated heterocycles. The molecule has 1 fully saturated rings. The Labute approximate surface area is 162 Å². The van der Waals surface area contributed by atoms with E-state index in [2.05, 4.69) is 34.2 Å². The van der Waals surface area contributed by atoms with Crippen LogP contribution in [-0.4, -0.2) is 33.9 Å². The standard InChI is InChI=1S/C22H23F2N3O/c23-20(24)21-25-18-9-8-17(14-19(18)26-21)22(28)27-12-10-16(11-13-27)7-6-15-4-2-1-3-5-15/h1-5,8-9,14,16,20H,6-7,10-13H2,(H,25,26). The molecule has 0 unspecified atom stereocenters. The van der Waals surface area contributed by atoms with E-state index in [1.165, 1.54) is 5.56 Å². The smallest absolute Gasteiger partial charge is 0.295 e. The Bertz CT molecular complexity index is 947. The van der Waals surface area contributed by atoms with Gasteiger partial charge in [-0.05, 0) is 55.4 Å². The lowest BCUT2D eigenvalue weighted by molar-refractivity contribution is 0.0687. The number of likely N-dealkylation sites (tertiary alicyclic amines) is 1. The van der Waals surface area contributed by atoms with Crippen LogP contribution in [0.5, 0.6) is 0 Å². The molecule has 0 radical (unpaired) electrons. The molecule has 2 heterocycles. The fourth-order valence-corrected chi connectivity index (χ4v) is 3.89. The summed E-state index contributed by atoms with van der Waals surface area (Å²) < 4.78 is 25.6. The number of nitrogens with zero attached hydrogens (tertiary/aromatic N) is 2. The molecule has 1 aromatic heterocycles. The number of hydrogen-bond donors (Lipinski definition) is 1. The number of carbonyl (C=O) groups excluding carboxylic acids is 1. The number of halogens is 2. The summed E-state index contributed by atoms with van der Waals surface area (Å²) in [5.74, 6) is 0.225. The fourth-order valence-electron chi connectivity index (χ4n) is 3.89. The zero-order valence-corrected chi connectivity index (χ0v) is 15.6. The largest absolute Gasteiger partial charge is 0.339 e. The first-order valence-corrected chi connectivity index (χ1v) is 9.71. The molecule has 4 rings (SSSR count). The average molecular weight is 383 g/mol. The molecule has 6 heteroatoms. The third kappa shape index (κ3) is 4.06. The molecule has 0 spiro atoms. The highest BCUT2D eigenvalue weighted by Gasteiger charge is 2.24. The highest BCUT2D eigenvalue weighted by atomic mass is 19.3. The lowest BCUT2D eigenvalue weighted by Gasteiger charge is -2.32. The summed E-state index contributed by atoms with van der Waals surface area (Å²) in [6, 6.07) is 15.4. The Morgan fingerprint density at radius 1 is 1.14 bits per heavy atom. The van der Waals surface area contributed by atoms with E-state index >= 15 is 0 Å². The van der Waals surface area contributed by atoms with E-state index < -0.39 is 6.43 Å². The lowest BCUT2D eigenvalue weighted by Crippen LogP contribution is -2.38. The fraction of sp³-hybridized carbons (Fsp3) is 0.364. The molecule has 0 bridgehead atoms. The van der Waals surface area contributed by atoms with Crippen molar-refractivity contribution in [2.45, 2.75) is 32.1 Å². The Morgan fingerprint density at radius 3 is 2.61 bits per heavy atom. The molecule has 0 atom stereocenters. The number of rotatable bonds is 5. The van der Waals surface area contributed by atoms with Crippen molar-refractivity contribution >= 4 is 16.9 Å². The minimum atomic E-state index is -2.65. The third-order valence-corrected chi connectivity index (χ3v) is 5.54. The van der Waals surface area contributed by atoms with Crippen LogP contribution in [0.15, 0.2) is 48.5 Å². The maximum absolute atomic E-state index is 12.8. The first-order valence-electron chi connectivity index (χ1n) is 9.71. The summed E-state index contributed by atoms with van der Waals surface area (Å²) in [5.41, 5.74) is 2.79. The quantitative estimate of drug-likeness (QED) is 0.675. The van der Waals surface area contributed by atoms with Crippen LogP contribution in [0.1, 0.15) is 47.4 Å². The van der Waals surface area contributed by atoms with Gasteiger partial charge in [0.25, 0.3) is 12.3 Å². The number of H-pyrrole nitrogens is 1. The summed E-state index contributed by atoms with van der Waals surface area (Å²) >= 11 is 0. The number of benzene rings is 2. The monoisotopic (exact) mass is 383 g/mol. The van der Waals surface area contributed by atoms with Gasteiger partial charge in [0.15, 0.2) is 5.82 Å². The number of amides is 1. The molecule has 3 aromatic rings. The van der Waals surface area contributed by atoms with Crippen LogP contribution < -0.4 is 0 Å². The second-order valence-electron chi connectivity index (χ2n) is 7.41. The number of aromatic nitrogens is 2. The van der Waals surface area contributed by atoms with Crippen LogP contribution in [0.4, 0.5) is 8.78 Å². The zero-order valence-electron chi connectivity index (χ0n) is 15.6. The molecular weight excluding hydrogens is 360 g/mol. The summed E-state index contributed by atoms with van der Waals surface area (Å²) in [6.07, 6.45) is 1.56. The minimum absolute atomic E-state index is 0.0448. The van der Waals surface area contributed by atoms with Gasteiger partial charge < -0.3 is 9.88 Å². The molecule has 0 saturated carbocycles. The Kier molecular flexibility index (Phi) is 5.37. The first-order chi connectivity index (χ1) is 13.6. The predicted octanol–water partition coefficient (Wildman–Crippen LogP) is 4.99. The van der Waals surface area contributed by atoms with E-state index in [1.54, 1.807) is 18.2 Å². The average Bonchev–Trinajstić information content (AvgIpc) is 3.17. The molecule has 2 aromatic carbocycles. The van der Waals surface area contributed by atoms with Crippen LogP contribution in [0.3, 0.4) is 0 Å². The third-order valence-electron chi connectivity index (χ3n) is 5.54. The summed E-state index contributed by atoms with van der Waals surface area (Å²) in [6.45, 7) is 1.48. The normalized spacial score (nSPS) is 15.5. The van der Waals surface area contributed by atoms with Crippen molar-refractivity contribution in [2.24, 2.45) is 5.92 Å². The zero-order chi connectivity index (χ0) is 19.5. The summed E-state index contributed by atoms with van der Waals surface area (Å²) in [5, 5.41) is 0. The number of alkyl halides is 2. The number of piperidine rings is 1. The van der Waals surface area contributed by atoms with Crippen LogP contribution in [0, 0.1) is 5.92 Å². The van der Waals surface area contributed by atoms with Crippen molar-refractivity contribution < 1.29 is 13.6 Å². The molecular formula is C22H23F2N3O. The second-order valence-corrected chi connectivity index (χ2v) is 7.41. The van der Waals surface area contributed by atoms with E-state index in [1.807, 2.05) is 11.0 Å². The number of carbonyl (C=O) groups is 1. The maximum atomic E-state index is 12.8. The van der Waals surface area contributed by atoms with Gasteiger partial charge in [0.05, 0.1) is 11.0 Å². The molecule has 146 valence electrons. The van der Waals surface area contributed by atoms with Crippen molar-refractivity contribution in [3.63, 3.8) is 0 Å². The molecule has 0 aliphatic carbocycles. The number of aryl methyl sites for hydroxylation is 1. The molecule has 28 heavy (non-hydrogen) atoms. The highest BCUT2D eigenvalue weighted by Crippen LogP contribution is 2.25. The molecule has 1 N–H and O–H groups in total. The number of nitrogens with one attached hydrogen (secondary N) is 1. The van der Waals surface area contributed by atoms with Gasteiger partial charge in [-0.3, -0.25) is 4.79 Å². The molecule has 1 aliphatic rings. The topological polar surface area (TPSA) is 49.0 Å². The summed E-state index contributed by atoms with van der Waals surface area (Å²) in [7, 11) is 0. The van der Waals surface area contributed by atoms with Gasteiger partial charge in [-0.25, -0.2) is 13.8 Å².